The minimum absolute atomic E-state index is 0.129. The summed E-state index contributed by atoms with van der Waals surface area (Å²) in [6.45, 7) is 2.80. The summed E-state index contributed by atoms with van der Waals surface area (Å²) >= 11 is 0. The molecule has 6 nitrogen and oxygen atoms in total. The molecule has 2 N–H and O–H groups in total. The predicted molar refractivity (Wildman–Crippen MR) is 116 cm³/mol. The quantitative estimate of drug-likeness (QED) is 0.620. The number of nitrogens with one attached hydrogen (secondary N) is 2. The first kappa shape index (κ1) is 23.6. The molecule has 1 aliphatic heterocycles. The molecule has 1 saturated heterocycles. The van der Waals surface area contributed by atoms with Gasteiger partial charge in [-0.1, -0.05) is 18.2 Å². The second-order valence-corrected chi connectivity index (χ2v) is 7.85. The summed E-state index contributed by atoms with van der Waals surface area (Å²) < 4.78 is 46.7. The van der Waals surface area contributed by atoms with E-state index in [2.05, 4.69) is 15.5 Å². The number of alkyl halides is 3. The predicted octanol–water partition coefficient (Wildman–Crippen LogP) is 4.52. The molecular formula is C23H28F3N3O3. The van der Waals surface area contributed by atoms with Gasteiger partial charge in [0, 0.05) is 31.4 Å². The van der Waals surface area contributed by atoms with E-state index in [0.717, 1.165) is 36.5 Å². The highest BCUT2D eigenvalue weighted by Crippen LogP contribution is 2.26. The van der Waals surface area contributed by atoms with Crippen LogP contribution in [0.4, 0.5) is 23.7 Å². The van der Waals surface area contributed by atoms with E-state index in [-0.39, 0.29) is 17.8 Å². The minimum atomic E-state index is -4.38. The number of nitrogens with zero attached hydrogens (tertiary/aromatic N) is 1. The first-order chi connectivity index (χ1) is 15.2. The summed E-state index contributed by atoms with van der Waals surface area (Å²) in [5.74, 6) is 1.29. The zero-order valence-electron chi connectivity index (χ0n) is 18.1. The maximum absolute atomic E-state index is 12.3. The minimum Gasteiger partial charge on any atom is -0.497 e. The molecule has 2 aromatic carbocycles. The Balaban J connectivity index is 1.42. The normalized spacial score (nSPS) is 17.0. The Morgan fingerprint density at radius 2 is 1.94 bits per heavy atom. The SMILES string of the molecule is COc1cccc(N2CCC(CNC(=O)NC(C)c3ccc(OCC(F)(F)F)cc3)C2)c1. The smallest absolute Gasteiger partial charge is 0.422 e. The lowest BCUT2D eigenvalue weighted by molar-refractivity contribution is -0.153. The van der Waals surface area contributed by atoms with E-state index in [1.807, 2.05) is 31.2 Å². The lowest BCUT2D eigenvalue weighted by Gasteiger charge is -2.20. The van der Waals surface area contributed by atoms with Gasteiger partial charge in [0.2, 0.25) is 0 Å². The van der Waals surface area contributed by atoms with Crippen molar-refractivity contribution in [2.75, 3.05) is 38.3 Å². The van der Waals surface area contributed by atoms with Crippen molar-refractivity contribution < 1.29 is 27.4 Å². The molecule has 2 atom stereocenters. The fourth-order valence-corrected chi connectivity index (χ4v) is 3.63. The van der Waals surface area contributed by atoms with Gasteiger partial charge in [-0.25, -0.2) is 4.79 Å². The first-order valence-electron chi connectivity index (χ1n) is 10.5. The molecule has 0 bridgehead atoms. The topological polar surface area (TPSA) is 62.8 Å². The van der Waals surface area contributed by atoms with Gasteiger partial charge in [-0.15, -0.1) is 0 Å². The van der Waals surface area contributed by atoms with E-state index >= 15 is 0 Å². The van der Waals surface area contributed by atoms with E-state index in [1.165, 1.54) is 12.1 Å². The third-order valence-corrected chi connectivity index (χ3v) is 5.39. The van der Waals surface area contributed by atoms with Crippen LogP contribution in [0.3, 0.4) is 0 Å². The van der Waals surface area contributed by atoms with Crippen LogP contribution >= 0.6 is 0 Å². The maximum atomic E-state index is 12.3. The zero-order chi connectivity index (χ0) is 23.1. The van der Waals surface area contributed by atoms with Crippen molar-refractivity contribution in [2.45, 2.75) is 25.6 Å². The van der Waals surface area contributed by atoms with E-state index in [0.29, 0.717) is 12.5 Å². The molecule has 174 valence electrons. The van der Waals surface area contributed by atoms with Crippen molar-refractivity contribution in [1.82, 2.24) is 10.6 Å². The lowest BCUT2D eigenvalue weighted by Crippen LogP contribution is -2.40. The second kappa shape index (κ2) is 10.5. The van der Waals surface area contributed by atoms with Crippen LogP contribution in [0.2, 0.25) is 0 Å². The number of benzene rings is 2. The van der Waals surface area contributed by atoms with Crippen molar-refractivity contribution in [2.24, 2.45) is 5.92 Å². The molecular weight excluding hydrogens is 423 g/mol. The summed E-state index contributed by atoms with van der Waals surface area (Å²) in [6, 6.07) is 13.5. The fourth-order valence-electron chi connectivity index (χ4n) is 3.63. The molecule has 1 heterocycles. The highest BCUT2D eigenvalue weighted by Gasteiger charge is 2.28. The van der Waals surface area contributed by atoms with E-state index in [4.69, 9.17) is 9.47 Å². The van der Waals surface area contributed by atoms with E-state index in [1.54, 1.807) is 19.2 Å². The Morgan fingerprint density at radius 3 is 2.62 bits per heavy atom. The highest BCUT2D eigenvalue weighted by molar-refractivity contribution is 5.74. The lowest BCUT2D eigenvalue weighted by atomic mass is 10.1. The molecule has 1 fully saturated rings. The van der Waals surface area contributed by atoms with Crippen LogP contribution in [0.15, 0.2) is 48.5 Å². The summed E-state index contributed by atoms with van der Waals surface area (Å²) in [6.07, 6.45) is -3.40. The Morgan fingerprint density at radius 1 is 1.19 bits per heavy atom. The van der Waals surface area contributed by atoms with Crippen molar-refractivity contribution in [3.63, 3.8) is 0 Å². The largest absolute Gasteiger partial charge is 0.497 e. The zero-order valence-corrected chi connectivity index (χ0v) is 18.1. The number of amides is 2. The molecule has 1 aliphatic rings. The third-order valence-electron chi connectivity index (χ3n) is 5.39. The van der Waals surface area contributed by atoms with Gasteiger partial charge in [-0.3, -0.25) is 0 Å². The van der Waals surface area contributed by atoms with Crippen LogP contribution in [0.5, 0.6) is 11.5 Å². The van der Waals surface area contributed by atoms with Crippen LogP contribution in [0.25, 0.3) is 0 Å². The standard InChI is InChI=1S/C23H28F3N3O3/c1-16(18-6-8-20(9-7-18)32-15-23(24,25)26)28-22(30)27-13-17-10-11-29(14-17)19-4-3-5-21(12-19)31-2/h3-9,12,16-17H,10-11,13-15H2,1-2H3,(H2,27,28,30). The van der Waals surface area contributed by atoms with Gasteiger partial charge in [0.15, 0.2) is 6.61 Å². The molecule has 0 aliphatic carbocycles. The average Bonchev–Trinajstić information content (AvgIpc) is 3.25. The fraction of sp³-hybridized carbons (Fsp3) is 0.435. The monoisotopic (exact) mass is 451 g/mol. The average molecular weight is 451 g/mol. The molecule has 9 heteroatoms. The van der Waals surface area contributed by atoms with Crippen LogP contribution in [-0.2, 0) is 0 Å². The van der Waals surface area contributed by atoms with Gasteiger partial charge in [0.25, 0.3) is 0 Å². The van der Waals surface area contributed by atoms with Gasteiger partial charge in [0.1, 0.15) is 11.5 Å². The number of halogens is 3. The molecule has 2 aromatic rings. The number of urea groups is 1. The van der Waals surface area contributed by atoms with Crippen LogP contribution in [0, 0.1) is 5.92 Å². The van der Waals surface area contributed by atoms with Gasteiger partial charge in [-0.05, 0) is 49.1 Å². The molecule has 0 spiro atoms. The third kappa shape index (κ3) is 6.96. The number of ether oxygens (including phenoxy) is 2. The van der Waals surface area contributed by atoms with Crippen molar-refractivity contribution in [1.29, 1.82) is 0 Å². The second-order valence-electron chi connectivity index (χ2n) is 7.85. The molecule has 32 heavy (non-hydrogen) atoms. The van der Waals surface area contributed by atoms with Crippen molar-refractivity contribution >= 4 is 11.7 Å². The molecule has 0 saturated carbocycles. The van der Waals surface area contributed by atoms with E-state index < -0.39 is 12.8 Å². The maximum Gasteiger partial charge on any atom is 0.422 e. The number of rotatable bonds is 8. The Hall–Kier alpha value is -3.10. The summed E-state index contributed by atoms with van der Waals surface area (Å²) in [7, 11) is 1.64. The summed E-state index contributed by atoms with van der Waals surface area (Å²) in [5, 5.41) is 5.77. The van der Waals surface area contributed by atoms with E-state index in [9.17, 15) is 18.0 Å². The number of hydrogen-bond donors (Lipinski definition) is 2. The van der Waals surface area contributed by atoms with Crippen LogP contribution in [-0.4, -0.2) is 45.6 Å². The first-order valence-corrected chi connectivity index (χ1v) is 10.5. The van der Waals surface area contributed by atoms with Gasteiger partial charge in [-0.2, -0.15) is 13.2 Å². The van der Waals surface area contributed by atoms with Crippen molar-refractivity contribution in [3.8, 4) is 11.5 Å². The number of anilines is 1. The van der Waals surface area contributed by atoms with Gasteiger partial charge < -0.3 is 25.0 Å². The molecule has 2 unspecified atom stereocenters. The molecule has 2 amide bonds. The van der Waals surface area contributed by atoms with Crippen LogP contribution < -0.4 is 25.0 Å². The Labute approximate surface area is 185 Å². The molecule has 3 rings (SSSR count). The van der Waals surface area contributed by atoms with Crippen LogP contribution in [0.1, 0.15) is 24.9 Å². The van der Waals surface area contributed by atoms with Gasteiger partial charge in [0.05, 0.1) is 13.2 Å². The highest BCUT2D eigenvalue weighted by atomic mass is 19.4. The Bertz CT molecular complexity index is 890. The van der Waals surface area contributed by atoms with Crippen molar-refractivity contribution in [3.05, 3.63) is 54.1 Å². The summed E-state index contributed by atoms with van der Waals surface area (Å²) in [4.78, 5) is 14.6. The number of methoxy groups -OCH3 is 1. The molecule has 0 aromatic heterocycles. The summed E-state index contributed by atoms with van der Waals surface area (Å²) in [5.41, 5.74) is 1.87. The number of hydrogen-bond acceptors (Lipinski definition) is 4. The number of carbonyl (C=O) groups is 1. The van der Waals surface area contributed by atoms with Gasteiger partial charge >= 0.3 is 12.2 Å². The number of carbonyl (C=O) groups excluding carboxylic acids is 1. The molecule has 0 radical (unpaired) electrons. The Kier molecular flexibility index (Phi) is 7.71.